The van der Waals surface area contributed by atoms with Gasteiger partial charge in [-0.3, -0.25) is 4.79 Å². The first-order valence-electron chi connectivity index (χ1n) is 9.96. The zero-order valence-corrected chi connectivity index (χ0v) is 17.5. The number of aromatic nitrogens is 4. The Hall–Kier alpha value is -3.67. The molecular formula is C24H25N5O. The Morgan fingerprint density at radius 3 is 2.27 bits per heavy atom. The minimum atomic E-state index is 0.0567. The normalized spacial score (nSPS) is 10.9. The van der Waals surface area contributed by atoms with Crippen molar-refractivity contribution in [2.24, 2.45) is 0 Å². The van der Waals surface area contributed by atoms with Gasteiger partial charge in [-0.2, -0.15) is 10.2 Å². The topological polar surface area (TPSA) is 56.0 Å². The highest BCUT2D eigenvalue weighted by Gasteiger charge is 2.18. The molecular weight excluding hydrogens is 374 g/mol. The van der Waals surface area contributed by atoms with E-state index in [1.807, 2.05) is 97.1 Å². The van der Waals surface area contributed by atoms with E-state index in [4.69, 9.17) is 0 Å². The van der Waals surface area contributed by atoms with Gasteiger partial charge in [0.2, 0.25) is 5.91 Å². The van der Waals surface area contributed by atoms with E-state index in [2.05, 4.69) is 10.2 Å². The predicted octanol–water partition coefficient (Wildman–Crippen LogP) is 3.88. The number of hydrogen-bond acceptors (Lipinski definition) is 3. The van der Waals surface area contributed by atoms with Crippen LogP contribution in [0.25, 0.3) is 11.4 Å². The third-order valence-electron chi connectivity index (χ3n) is 5.27. The van der Waals surface area contributed by atoms with Crippen molar-refractivity contribution in [2.75, 3.05) is 7.05 Å². The molecule has 152 valence electrons. The Balaban J connectivity index is 1.46. The molecule has 0 unspecified atom stereocenters. The Morgan fingerprint density at radius 2 is 1.60 bits per heavy atom. The molecule has 0 saturated heterocycles. The maximum Gasteiger partial charge on any atom is 0.227 e. The molecule has 4 rings (SSSR count). The number of benzene rings is 2. The van der Waals surface area contributed by atoms with Gasteiger partial charge in [0.15, 0.2) is 0 Å². The summed E-state index contributed by atoms with van der Waals surface area (Å²) < 4.78 is 3.73. The van der Waals surface area contributed by atoms with Crippen molar-refractivity contribution >= 4 is 5.91 Å². The van der Waals surface area contributed by atoms with Gasteiger partial charge in [-0.25, -0.2) is 9.36 Å². The summed E-state index contributed by atoms with van der Waals surface area (Å²) in [5.41, 5.74) is 5.85. The Morgan fingerprint density at radius 1 is 0.967 bits per heavy atom. The van der Waals surface area contributed by atoms with Gasteiger partial charge in [0.05, 0.1) is 29.7 Å². The summed E-state index contributed by atoms with van der Waals surface area (Å²) >= 11 is 0. The molecule has 0 saturated carbocycles. The predicted molar refractivity (Wildman–Crippen MR) is 117 cm³/mol. The molecule has 30 heavy (non-hydrogen) atoms. The molecule has 0 aliphatic heterocycles. The van der Waals surface area contributed by atoms with Crippen molar-refractivity contribution < 1.29 is 4.79 Å². The third kappa shape index (κ3) is 4.03. The number of carbonyl (C=O) groups excluding carboxylic acids is 1. The van der Waals surface area contributed by atoms with E-state index in [9.17, 15) is 4.79 Å². The average Bonchev–Trinajstić information content (AvgIpc) is 3.35. The van der Waals surface area contributed by atoms with Crippen LogP contribution in [0.1, 0.15) is 22.5 Å². The summed E-state index contributed by atoms with van der Waals surface area (Å²) in [6, 6.07) is 19.9. The first-order chi connectivity index (χ1) is 14.5. The van der Waals surface area contributed by atoms with Crippen molar-refractivity contribution in [3.8, 4) is 11.4 Å². The molecule has 2 heterocycles. The highest BCUT2D eigenvalue weighted by atomic mass is 16.2. The molecule has 6 nitrogen and oxygen atoms in total. The highest BCUT2D eigenvalue weighted by Crippen LogP contribution is 2.19. The molecule has 0 atom stereocenters. The first kappa shape index (κ1) is 19.6. The number of amides is 1. The number of para-hydroxylation sites is 2. The van der Waals surface area contributed by atoms with Crippen molar-refractivity contribution in [3.05, 3.63) is 95.6 Å². The van der Waals surface area contributed by atoms with Crippen LogP contribution in [0.4, 0.5) is 0 Å². The second kappa shape index (κ2) is 8.37. The summed E-state index contributed by atoms with van der Waals surface area (Å²) in [6.07, 6.45) is 4.09. The molecule has 0 spiro atoms. The molecule has 2 aromatic heterocycles. The van der Waals surface area contributed by atoms with Gasteiger partial charge in [-0.1, -0.05) is 36.4 Å². The van der Waals surface area contributed by atoms with E-state index < -0.39 is 0 Å². The van der Waals surface area contributed by atoms with Crippen LogP contribution < -0.4 is 0 Å². The lowest BCUT2D eigenvalue weighted by Gasteiger charge is -2.16. The Labute approximate surface area is 176 Å². The Bertz CT molecular complexity index is 1150. The average molecular weight is 399 g/mol. The van der Waals surface area contributed by atoms with Gasteiger partial charge in [0, 0.05) is 36.6 Å². The van der Waals surface area contributed by atoms with Crippen molar-refractivity contribution in [1.82, 2.24) is 24.5 Å². The number of hydrogen-bond donors (Lipinski definition) is 0. The van der Waals surface area contributed by atoms with Gasteiger partial charge < -0.3 is 4.90 Å². The van der Waals surface area contributed by atoms with E-state index in [1.165, 1.54) is 0 Å². The fraction of sp³-hybridized carbons (Fsp3) is 0.208. The fourth-order valence-corrected chi connectivity index (χ4v) is 3.56. The maximum absolute atomic E-state index is 12.9. The van der Waals surface area contributed by atoms with Crippen molar-refractivity contribution in [2.45, 2.75) is 26.8 Å². The second-order valence-corrected chi connectivity index (χ2v) is 7.45. The molecule has 0 aliphatic rings. The molecule has 0 bridgehead atoms. The van der Waals surface area contributed by atoms with Crippen LogP contribution in [-0.2, 0) is 17.8 Å². The summed E-state index contributed by atoms with van der Waals surface area (Å²) in [4.78, 5) is 14.6. The standard InChI is InChI=1S/C24H25N5O/c1-18-23(19(2)29(26-18)22-12-8-5-9-13-22)14-24(30)27(3)16-20-15-25-28(17-20)21-10-6-4-7-11-21/h4-13,15,17H,14,16H2,1-3H3. The molecule has 6 heteroatoms. The molecule has 0 fully saturated rings. The van der Waals surface area contributed by atoms with Crippen LogP contribution in [0, 0.1) is 13.8 Å². The molecule has 0 N–H and O–H groups in total. The number of likely N-dealkylation sites (N-methyl/N-ethyl adjacent to an activating group) is 1. The van der Waals surface area contributed by atoms with Crippen molar-refractivity contribution in [1.29, 1.82) is 0 Å². The maximum atomic E-state index is 12.9. The number of nitrogens with zero attached hydrogens (tertiary/aromatic N) is 5. The van der Waals surface area contributed by atoms with Crippen LogP contribution >= 0.6 is 0 Å². The zero-order chi connectivity index (χ0) is 21.1. The van der Waals surface area contributed by atoms with E-state index in [1.54, 1.807) is 11.1 Å². The summed E-state index contributed by atoms with van der Waals surface area (Å²) in [5, 5.41) is 9.06. The molecule has 4 aromatic rings. The minimum absolute atomic E-state index is 0.0567. The summed E-state index contributed by atoms with van der Waals surface area (Å²) in [6.45, 7) is 4.48. The SMILES string of the molecule is Cc1nn(-c2ccccc2)c(C)c1CC(=O)N(C)Cc1cnn(-c2ccccc2)c1. The number of carbonyl (C=O) groups is 1. The summed E-state index contributed by atoms with van der Waals surface area (Å²) in [5.74, 6) is 0.0567. The van der Waals surface area contributed by atoms with E-state index >= 15 is 0 Å². The van der Waals surface area contributed by atoms with Crippen LogP contribution in [0.15, 0.2) is 73.1 Å². The van der Waals surface area contributed by atoms with Gasteiger partial charge >= 0.3 is 0 Å². The van der Waals surface area contributed by atoms with Gasteiger partial charge in [0.25, 0.3) is 0 Å². The van der Waals surface area contributed by atoms with Crippen molar-refractivity contribution in [3.63, 3.8) is 0 Å². The molecule has 2 aromatic carbocycles. The highest BCUT2D eigenvalue weighted by molar-refractivity contribution is 5.79. The fourth-order valence-electron chi connectivity index (χ4n) is 3.56. The number of aryl methyl sites for hydroxylation is 1. The minimum Gasteiger partial charge on any atom is -0.341 e. The lowest BCUT2D eigenvalue weighted by atomic mass is 10.1. The van der Waals surface area contributed by atoms with Crippen LogP contribution in [0.3, 0.4) is 0 Å². The van der Waals surface area contributed by atoms with Crippen LogP contribution in [-0.4, -0.2) is 37.4 Å². The Kier molecular flexibility index (Phi) is 5.48. The largest absolute Gasteiger partial charge is 0.341 e. The van der Waals surface area contributed by atoms with Gasteiger partial charge in [0.1, 0.15) is 0 Å². The van der Waals surface area contributed by atoms with E-state index in [0.717, 1.165) is 33.9 Å². The lowest BCUT2D eigenvalue weighted by molar-refractivity contribution is -0.129. The second-order valence-electron chi connectivity index (χ2n) is 7.45. The quantitative estimate of drug-likeness (QED) is 0.494. The van der Waals surface area contributed by atoms with Gasteiger partial charge in [-0.05, 0) is 38.1 Å². The first-order valence-corrected chi connectivity index (χ1v) is 9.96. The van der Waals surface area contributed by atoms with E-state index in [-0.39, 0.29) is 5.91 Å². The van der Waals surface area contributed by atoms with Crippen LogP contribution in [0.5, 0.6) is 0 Å². The monoisotopic (exact) mass is 399 g/mol. The number of rotatable bonds is 6. The lowest BCUT2D eigenvalue weighted by Crippen LogP contribution is -2.28. The molecule has 0 aliphatic carbocycles. The zero-order valence-electron chi connectivity index (χ0n) is 17.5. The molecule has 1 amide bonds. The molecule has 0 radical (unpaired) electrons. The van der Waals surface area contributed by atoms with Crippen LogP contribution in [0.2, 0.25) is 0 Å². The third-order valence-corrected chi connectivity index (χ3v) is 5.27. The van der Waals surface area contributed by atoms with Gasteiger partial charge in [-0.15, -0.1) is 0 Å². The summed E-state index contributed by atoms with van der Waals surface area (Å²) in [7, 11) is 1.83. The smallest absolute Gasteiger partial charge is 0.227 e. The van der Waals surface area contributed by atoms with E-state index in [0.29, 0.717) is 13.0 Å².